The number of carbonyl (C=O) groups is 2. The van der Waals surface area contributed by atoms with Gasteiger partial charge in [0.2, 0.25) is 11.5 Å². The van der Waals surface area contributed by atoms with Gasteiger partial charge in [-0.25, -0.2) is 0 Å². The molecule has 0 saturated heterocycles. The summed E-state index contributed by atoms with van der Waals surface area (Å²) in [4.78, 5) is 27.1. The van der Waals surface area contributed by atoms with Gasteiger partial charge < -0.3 is 28.4 Å². The monoisotopic (exact) mass is 402 g/mol. The van der Waals surface area contributed by atoms with Gasteiger partial charge in [-0.2, -0.15) is 0 Å². The molecule has 0 N–H and O–H groups in total. The van der Waals surface area contributed by atoms with Gasteiger partial charge in [-0.3, -0.25) is 9.59 Å². The molecule has 0 heterocycles. The molecular formula is C21H22O8. The molecule has 0 aromatic heterocycles. The highest BCUT2D eigenvalue weighted by molar-refractivity contribution is 6.32. The van der Waals surface area contributed by atoms with Crippen LogP contribution >= 0.6 is 0 Å². The highest BCUT2D eigenvalue weighted by atomic mass is 16.5. The summed E-state index contributed by atoms with van der Waals surface area (Å²) in [6.07, 6.45) is 0. The lowest BCUT2D eigenvalue weighted by Crippen LogP contribution is -2.24. The Hall–Kier alpha value is -3.42. The first-order chi connectivity index (χ1) is 13.9. The fraction of sp³-hybridized carbons (Fsp3) is 0.333. The van der Waals surface area contributed by atoms with E-state index in [0.29, 0.717) is 11.3 Å². The summed E-state index contributed by atoms with van der Waals surface area (Å²) in [5, 5.41) is 0. The van der Waals surface area contributed by atoms with Gasteiger partial charge in [0.1, 0.15) is 5.75 Å². The normalized spacial score (nSPS) is 12.1. The smallest absolute Gasteiger partial charge is 0.204 e. The lowest BCUT2D eigenvalue weighted by Gasteiger charge is -2.27. The molecule has 8 nitrogen and oxygen atoms in total. The van der Waals surface area contributed by atoms with Crippen molar-refractivity contribution in [3.05, 3.63) is 33.9 Å². The maximum absolute atomic E-state index is 13.6. The predicted molar refractivity (Wildman–Crippen MR) is 104 cm³/mol. The second-order valence-corrected chi connectivity index (χ2v) is 6.20. The van der Waals surface area contributed by atoms with Crippen LogP contribution in [0.25, 0.3) is 0 Å². The molecule has 0 unspecified atom stereocenters. The minimum Gasteiger partial charge on any atom is -0.496 e. The summed E-state index contributed by atoms with van der Waals surface area (Å²) in [5.41, 5.74) is 0.884. The van der Waals surface area contributed by atoms with Crippen LogP contribution in [0.2, 0.25) is 0 Å². The average molecular weight is 402 g/mol. The molecule has 1 aliphatic rings. The van der Waals surface area contributed by atoms with E-state index in [1.807, 2.05) is 0 Å². The fourth-order valence-electron chi connectivity index (χ4n) is 3.75. The molecule has 0 saturated carbocycles. The Morgan fingerprint density at radius 2 is 1.03 bits per heavy atom. The van der Waals surface area contributed by atoms with Crippen molar-refractivity contribution in [2.24, 2.45) is 0 Å². The van der Waals surface area contributed by atoms with Crippen molar-refractivity contribution in [2.45, 2.75) is 6.92 Å². The van der Waals surface area contributed by atoms with Crippen molar-refractivity contribution >= 4 is 11.6 Å². The number of hydrogen-bond donors (Lipinski definition) is 0. The second kappa shape index (κ2) is 7.54. The number of benzene rings is 2. The number of carbonyl (C=O) groups excluding carboxylic acids is 2. The maximum atomic E-state index is 13.6. The van der Waals surface area contributed by atoms with Crippen molar-refractivity contribution in [3.8, 4) is 34.5 Å². The van der Waals surface area contributed by atoms with Gasteiger partial charge in [0.15, 0.2) is 28.8 Å². The summed E-state index contributed by atoms with van der Waals surface area (Å²) >= 11 is 0. The topological polar surface area (TPSA) is 89.5 Å². The van der Waals surface area contributed by atoms with Crippen molar-refractivity contribution in [1.82, 2.24) is 0 Å². The summed E-state index contributed by atoms with van der Waals surface area (Å²) in [6, 6.07) is 1.46. The average Bonchev–Trinajstić information content (AvgIpc) is 2.74. The fourth-order valence-corrected chi connectivity index (χ4v) is 3.75. The van der Waals surface area contributed by atoms with Crippen LogP contribution in [0.1, 0.15) is 37.4 Å². The Morgan fingerprint density at radius 3 is 1.52 bits per heavy atom. The first-order valence-corrected chi connectivity index (χ1v) is 8.66. The first-order valence-electron chi connectivity index (χ1n) is 8.66. The Balaban J connectivity index is 2.50. The molecule has 154 valence electrons. The zero-order valence-corrected chi connectivity index (χ0v) is 17.3. The standard InChI is InChI=1S/C21H22O8/c1-9-17(25-3)14-13(21(29-7)18(9)26-4)15(22)10-8-11(24-2)19(27-5)20(28-6)12(10)16(14)23/h8H,1-7H3. The van der Waals surface area contributed by atoms with Crippen LogP contribution in [0, 0.1) is 6.92 Å². The third kappa shape index (κ3) is 2.66. The number of methoxy groups -OCH3 is 6. The van der Waals surface area contributed by atoms with Gasteiger partial charge in [-0.05, 0) is 13.0 Å². The van der Waals surface area contributed by atoms with E-state index in [1.165, 1.54) is 48.7 Å². The van der Waals surface area contributed by atoms with Crippen molar-refractivity contribution < 1.29 is 38.0 Å². The van der Waals surface area contributed by atoms with Crippen molar-refractivity contribution in [1.29, 1.82) is 0 Å². The van der Waals surface area contributed by atoms with Crippen molar-refractivity contribution in [2.75, 3.05) is 42.7 Å². The third-order valence-corrected chi connectivity index (χ3v) is 4.96. The second-order valence-electron chi connectivity index (χ2n) is 6.20. The summed E-state index contributed by atoms with van der Waals surface area (Å²) in [7, 11) is 8.54. The molecule has 3 rings (SSSR count). The van der Waals surface area contributed by atoms with E-state index in [-0.39, 0.29) is 51.0 Å². The molecule has 2 aromatic carbocycles. The largest absolute Gasteiger partial charge is 0.496 e. The molecule has 2 aromatic rings. The van der Waals surface area contributed by atoms with Gasteiger partial charge in [0, 0.05) is 11.1 Å². The molecule has 0 spiro atoms. The zero-order valence-electron chi connectivity index (χ0n) is 17.3. The van der Waals surface area contributed by atoms with E-state index in [2.05, 4.69) is 0 Å². The Kier molecular flexibility index (Phi) is 5.28. The van der Waals surface area contributed by atoms with E-state index < -0.39 is 11.6 Å². The molecule has 0 radical (unpaired) electrons. The number of ketones is 2. The molecule has 0 aliphatic heterocycles. The molecule has 8 heteroatoms. The van der Waals surface area contributed by atoms with E-state index >= 15 is 0 Å². The number of hydrogen-bond acceptors (Lipinski definition) is 8. The molecule has 0 bridgehead atoms. The van der Waals surface area contributed by atoms with Gasteiger partial charge in [-0.1, -0.05) is 0 Å². The molecule has 1 aliphatic carbocycles. The Labute approximate surface area is 168 Å². The SMILES string of the molecule is COc1cc2c(c(OC)c1OC)C(=O)c1c(OC)c(C)c(OC)c(OC)c1C2=O. The molecule has 0 amide bonds. The van der Waals surface area contributed by atoms with Gasteiger partial charge in [0.05, 0.1) is 59.3 Å². The maximum Gasteiger partial charge on any atom is 0.204 e. The van der Waals surface area contributed by atoms with Crippen LogP contribution in [0.3, 0.4) is 0 Å². The van der Waals surface area contributed by atoms with Gasteiger partial charge in [0.25, 0.3) is 0 Å². The van der Waals surface area contributed by atoms with E-state index in [0.717, 1.165) is 0 Å². The molecule has 0 fully saturated rings. The van der Waals surface area contributed by atoms with Gasteiger partial charge >= 0.3 is 0 Å². The van der Waals surface area contributed by atoms with Crippen LogP contribution in [-0.4, -0.2) is 54.2 Å². The van der Waals surface area contributed by atoms with Gasteiger partial charge in [-0.15, -0.1) is 0 Å². The molecular weight excluding hydrogens is 380 g/mol. The number of fused-ring (bicyclic) bond motifs is 2. The Morgan fingerprint density at radius 1 is 0.552 bits per heavy atom. The Bertz CT molecular complexity index is 1020. The predicted octanol–water partition coefficient (Wildman–Crippen LogP) is 2.82. The first kappa shape index (κ1) is 20.3. The third-order valence-electron chi connectivity index (χ3n) is 4.96. The summed E-state index contributed by atoms with van der Waals surface area (Å²) < 4.78 is 32.5. The van der Waals surface area contributed by atoms with E-state index in [4.69, 9.17) is 28.4 Å². The van der Waals surface area contributed by atoms with Crippen LogP contribution < -0.4 is 28.4 Å². The summed E-state index contributed by atoms with van der Waals surface area (Å²) in [6.45, 7) is 1.72. The number of ether oxygens (including phenoxy) is 6. The van der Waals surface area contributed by atoms with Crippen LogP contribution in [-0.2, 0) is 0 Å². The molecule has 0 atom stereocenters. The minimum absolute atomic E-state index is 0.0681. The quantitative estimate of drug-likeness (QED) is 0.622. The summed E-state index contributed by atoms with van der Waals surface area (Å²) in [5.74, 6) is 0.417. The van der Waals surface area contributed by atoms with Crippen LogP contribution in [0.15, 0.2) is 6.07 Å². The highest BCUT2D eigenvalue weighted by Crippen LogP contribution is 2.51. The molecule has 29 heavy (non-hydrogen) atoms. The van der Waals surface area contributed by atoms with Crippen molar-refractivity contribution in [3.63, 3.8) is 0 Å². The zero-order chi connectivity index (χ0) is 21.5. The van der Waals surface area contributed by atoms with E-state index in [9.17, 15) is 9.59 Å². The lowest BCUT2D eigenvalue weighted by atomic mass is 9.81. The number of rotatable bonds is 6. The highest BCUT2D eigenvalue weighted by Gasteiger charge is 2.42. The van der Waals surface area contributed by atoms with Crippen LogP contribution in [0.4, 0.5) is 0 Å². The van der Waals surface area contributed by atoms with Crippen LogP contribution in [0.5, 0.6) is 34.5 Å². The minimum atomic E-state index is -0.451. The van der Waals surface area contributed by atoms with E-state index in [1.54, 1.807) is 6.92 Å². The lowest BCUT2D eigenvalue weighted by molar-refractivity contribution is 0.0969.